The molecule has 0 N–H and O–H groups in total. The molecule has 2 fully saturated rings. The van der Waals surface area contributed by atoms with E-state index in [1.165, 1.54) is 6.08 Å². The maximum Gasteiger partial charge on any atom is 0.334 e. The molecule has 2 heterocycles. The van der Waals surface area contributed by atoms with Crippen molar-refractivity contribution in [2.75, 3.05) is 6.61 Å². The van der Waals surface area contributed by atoms with E-state index in [0.29, 0.717) is 5.57 Å². The summed E-state index contributed by atoms with van der Waals surface area (Å²) in [6.07, 6.45) is 8.15. The largest absolute Gasteiger partial charge is 0.458 e. The minimum absolute atomic E-state index is 0.0305. The van der Waals surface area contributed by atoms with Crippen LogP contribution >= 0.6 is 0 Å². The predicted molar refractivity (Wildman–Crippen MR) is 88.1 cm³/mol. The van der Waals surface area contributed by atoms with Crippen LogP contribution in [0.5, 0.6) is 0 Å². The van der Waals surface area contributed by atoms with E-state index < -0.39 is 0 Å². The second-order valence-electron chi connectivity index (χ2n) is 6.90. The standard InChI is InChI=1S/C19H24O5/c1-4-6-15(20)22-11-13-7-5-10-19(3)17(24-19)16-14(9-8-13)12(2)18(21)23-16/h4,6-7,14,16-17H,2,5,8-11H2,1,3H3/b6-4+,13-7+/t14-,16-,17-,19+/m0/s1. The molecule has 24 heavy (non-hydrogen) atoms. The molecule has 0 aromatic carbocycles. The number of epoxide rings is 1. The van der Waals surface area contributed by atoms with Gasteiger partial charge in [0.1, 0.15) is 18.8 Å². The van der Waals surface area contributed by atoms with Gasteiger partial charge in [0.15, 0.2) is 0 Å². The molecule has 5 nitrogen and oxygen atoms in total. The van der Waals surface area contributed by atoms with Gasteiger partial charge < -0.3 is 14.2 Å². The number of esters is 2. The molecule has 0 amide bonds. The van der Waals surface area contributed by atoms with Crippen molar-refractivity contribution in [3.8, 4) is 0 Å². The fourth-order valence-corrected chi connectivity index (χ4v) is 3.60. The highest BCUT2D eigenvalue weighted by atomic mass is 16.6. The second kappa shape index (κ2) is 6.55. The summed E-state index contributed by atoms with van der Waals surface area (Å²) < 4.78 is 16.7. The highest BCUT2D eigenvalue weighted by molar-refractivity contribution is 5.91. The average molecular weight is 332 g/mol. The number of carbonyl (C=O) groups excluding carboxylic acids is 2. The van der Waals surface area contributed by atoms with Crippen molar-refractivity contribution in [2.45, 2.75) is 57.3 Å². The topological polar surface area (TPSA) is 65.1 Å². The number of ether oxygens (including phenoxy) is 3. The molecule has 0 spiro atoms. The molecule has 1 aliphatic carbocycles. The van der Waals surface area contributed by atoms with E-state index in [-0.39, 0.29) is 42.3 Å². The van der Waals surface area contributed by atoms with E-state index in [9.17, 15) is 9.59 Å². The summed E-state index contributed by atoms with van der Waals surface area (Å²) in [5, 5.41) is 0. The summed E-state index contributed by atoms with van der Waals surface area (Å²) in [5.41, 5.74) is 1.36. The molecule has 5 heteroatoms. The quantitative estimate of drug-likeness (QED) is 0.344. The lowest BCUT2D eigenvalue weighted by Crippen LogP contribution is -2.29. The molecular formula is C19H24O5. The summed E-state index contributed by atoms with van der Waals surface area (Å²) >= 11 is 0. The summed E-state index contributed by atoms with van der Waals surface area (Å²) in [7, 11) is 0. The minimum Gasteiger partial charge on any atom is -0.458 e. The van der Waals surface area contributed by atoms with Gasteiger partial charge in [-0.05, 0) is 45.1 Å². The van der Waals surface area contributed by atoms with Crippen LogP contribution in [0, 0.1) is 5.92 Å². The van der Waals surface area contributed by atoms with Crippen molar-refractivity contribution >= 4 is 11.9 Å². The van der Waals surface area contributed by atoms with Crippen molar-refractivity contribution in [3.63, 3.8) is 0 Å². The molecule has 130 valence electrons. The zero-order valence-corrected chi connectivity index (χ0v) is 14.2. The van der Waals surface area contributed by atoms with Crippen LogP contribution in [0.1, 0.15) is 39.5 Å². The fourth-order valence-electron chi connectivity index (χ4n) is 3.60. The minimum atomic E-state index is -0.338. The van der Waals surface area contributed by atoms with E-state index in [2.05, 4.69) is 19.6 Å². The van der Waals surface area contributed by atoms with Crippen LogP contribution in [0.4, 0.5) is 0 Å². The average Bonchev–Trinajstić information content (AvgIpc) is 3.13. The molecule has 0 unspecified atom stereocenters. The molecule has 0 radical (unpaired) electrons. The lowest BCUT2D eigenvalue weighted by Gasteiger charge is -2.20. The third-order valence-corrected chi connectivity index (χ3v) is 5.14. The third kappa shape index (κ3) is 3.31. The molecule has 0 bridgehead atoms. The van der Waals surface area contributed by atoms with Crippen LogP contribution in [0.15, 0.2) is 36.0 Å². The van der Waals surface area contributed by atoms with Crippen LogP contribution in [-0.4, -0.2) is 36.4 Å². The lowest BCUT2D eigenvalue weighted by atomic mass is 9.84. The van der Waals surface area contributed by atoms with E-state index in [1.54, 1.807) is 13.0 Å². The van der Waals surface area contributed by atoms with Gasteiger partial charge in [0.25, 0.3) is 0 Å². The Morgan fingerprint density at radius 1 is 1.54 bits per heavy atom. The highest BCUT2D eigenvalue weighted by Crippen LogP contribution is 2.49. The monoisotopic (exact) mass is 332 g/mol. The Hall–Kier alpha value is -1.88. The van der Waals surface area contributed by atoms with Gasteiger partial charge in [0.2, 0.25) is 0 Å². The van der Waals surface area contributed by atoms with Gasteiger partial charge in [-0.1, -0.05) is 18.7 Å². The van der Waals surface area contributed by atoms with Crippen molar-refractivity contribution in [3.05, 3.63) is 36.0 Å². The van der Waals surface area contributed by atoms with Gasteiger partial charge in [0.05, 0.1) is 5.60 Å². The molecule has 3 rings (SSSR count). The van der Waals surface area contributed by atoms with Gasteiger partial charge in [-0.15, -0.1) is 0 Å². The number of hydrogen-bond donors (Lipinski definition) is 0. The first-order chi connectivity index (χ1) is 11.4. The van der Waals surface area contributed by atoms with Crippen LogP contribution in [0.25, 0.3) is 0 Å². The smallest absolute Gasteiger partial charge is 0.334 e. The first-order valence-electron chi connectivity index (χ1n) is 8.49. The Kier molecular flexibility index (Phi) is 4.63. The Morgan fingerprint density at radius 2 is 2.33 bits per heavy atom. The zero-order chi connectivity index (χ0) is 17.3. The maximum atomic E-state index is 11.9. The number of fused-ring (bicyclic) bond motifs is 3. The first-order valence-corrected chi connectivity index (χ1v) is 8.49. The van der Waals surface area contributed by atoms with Gasteiger partial charge in [-0.2, -0.15) is 0 Å². The number of rotatable bonds is 3. The third-order valence-electron chi connectivity index (χ3n) is 5.14. The Labute approximate surface area is 142 Å². The molecule has 4 atom stereocenters. The Bertz CT molecular complexity index is 617. The van der Waals surface area contributed by atoms with E-state index >= 15 is 0 Å². The predicted octanol–water partition coefficient (Wildman–Crippen LogP) is 2.86. The van der Waals surface area contributed by atoms with Crippen LogP contribution in [0.2, 0.25) is 0 Å². The second-order valence-corrected chi connectivity index (χ2v) is 6.90. The molecule has 2 saturated heterocycles. The van der Waals surface area contributed by atoms with Crippen molar-refractivity contribution in [1.29, 1.82) is 0 Å². The molecule has 3 aliphatic rings. The molecule has 0 aromatic heterocycles. The normalized spacial score (nSPS) is 37.9. The van der Waals surface area contributed by atoms with E-state index in [0.717, 1.165) is 31.3 Å². The van der Waals surface area contributed by atoms with E-state index in [4.69, 9.17) is 14.2 Å². The van der Waals surface area contributed by atoms with Crippen molar-refractivity contribution in [1.82, 2.24) is 0 Å². The van der Waals surface area contributed by atoms with Gasteiger partial charge >= 0.3 is 11.9 Å². The Morgan fingerprint density at radius 3 is 3.08 bits per heavy atom. The lowest BCUT2D eigenvalue weighted by molar-refractivity contribution is -0.140. The van der Waals surface area contributed by atoms with Crippen molar-refractivity contribution in [2.24, 2.45) is 5.92 Å². The molecule has 0 aromatic rings. The van der Waals surface area contributed by atoms with Gasteiger partial charge in [0, 0.05) is 17.6 Å². The Balaban J connectivity index is 1.71. The number of allylic oxidation sites excluding steroid dienone is 2. The fraction of sp³-hybridized carbons (Fsp3) is 0.579. The van der Waals surface area contributed by atoms with Crippen LogP contribution in [-0.2, 0) is 23.8 Å². The van der Waals surface area contributed by atoms with Crippen LogP contribution in [0.3, 0.4) is 0 Å². The molecule has 2 aliphatic heterocycles. The number of carbonyl (C=O) groups is 2. The van der Waals surface area contributed by atoms with Crippen LogP contribution < -0.4 is 0 Å². The molecule has 0 saturated carbocycles. The summed E-state index contributed by atoms with van der Waals surface area (Å²) in [6, 6.07) is 0. The van der Waals surface area contributed by atoms with Gasteiger partial charge in [-0.25, -0.2) is 9.59 Å². The van der Waals surface area contributed by atoms with Crippen molar-refractivity contribution < 1.29 is 23.8 Å². The SMILES string of the molecule is C=C1C(=O)O[C@H]2[C@H]1CC/C(COC(=O)/C=C/C)=C\CC[C@@]1(C)O[C@@H]21. The summed E-state index contributed by atoms with van der Waals surface area (Å²) in [6.45, 7) is 8.02. The summed E-state index contributed by atoms with van der Waals surface area (Å²) in [5.74, 6) is -0.682. The summed E-state index contributed by atoms with van der Waals surface area (Å²) in [4.78, 5) is 23.4. The van der Waals surface area contributed by atoms with E-state index in [1.807, 2.05) is 0 Å². The van der Waals surface area contributed by atoms with Gasteiger partial charge in [-0.3, -0.25) is 0 Å². The zero-order valence-electron chi connectivity index (χ0n) is 14.2. The number of hydrogen-bond acceptors (Lipinski definition) is 5. The maximum absolute atomic E-state index is 11.9. The molecular weight excluding hydrogens is 308 g/mol. The first kappa shape index (κ1) is 17.0. The highest BCUT2D eigenvalue weighted by Gasteiger charge is 2.61.